The summed E-state index contributed by atoms with van der Waals surface area (Å²) >= 11 is 0. The predicted octanol–water partition coefficient (Wildman–Crippen LogP) is 0.492. The van der Waals surface area contributed by atoms with Crippen LogP contribution in [0.25, 0.3) is 0 Å². The molecule has 1 nitrogen and oxygen atoms in total. The minimum absolute atomic E-state index is 0.887. The summed E-state index contributed by atoms with van der Waals surface area (Å²) in [6.07, 6.45) is 5.66. The molecular weight excluding hydrogens is 157 g/mol. The fourth-order valence-corrected chi connectivity index (χ4v) is 1.15. The van der Waals surface area contributed by atoms with Crippen LogP contribution in [0.1, 0.15) is 25.0 Å². The Kier molecular flexibility index (Phi) is 2.36. The second-order valence-corrected chi connectivity index (χ2v) is 3.67. The molecule has 13 heavy (non-hydrogen) atoms. The number of hydrogen-bond acceptors (Lipinski definition) is 1. The third-order valence-electron chi connectivity index (χ3n) is 2.22. The van der Waals surface area contributed by atoms with Crippen molar-refractivity contribution in [2.75, 3.05) is 0 Å². The lowest BCUT2D eigenvalue weighted by atomic mass is 9.99. The van der Waals surface area contributed by atoms with Gasteiger partial charge in [0.15, 0.2) is 0 Å². The molecule has 0 saturated heterocycles. The van der Waals surface area contributed by atoms with Gasteiger partial charge in [-0.1, -0.05) is 17.4 Å². The van der Waals surface area contributed by atoms with Crippen molar-refractivity contribution in [1.82, 2.24) is 4.98 Å². The van der Waals surface area contributed by atoms with Crippen LogP contribution in [-0.2, 0) is 0 Å². The van der Waals surface area contributed by atoms with Crippen LogP contribution in [0.2, 0.25) is 0 Å². The van der Waals surface area contributed by atoms with Crippen LogP contribution in [0.4, 0.5) is 0 Å². The SMILES string of the molecule is Bc1ccc(C#CCC2CC2)nc1. The van der Waals surface area contributed by atoms with Crippen molar-refractivity contribution in [3.8, 4) is 11.8 Å². The fourth-order valence-electron chi connectivity index (χ4n) is 1.15. The van der Waals surface area contributed by atoms with E-state index >= 15 is 0 Å². The van der Waals surface area contributed by atoms with Crippen LogP contribution in [-0.4, -0.2) is 12.8 Å². The molecule has 1 saturated carbocycles. The average molecular weight is 169 g/mol. The van der Waals surface area contributed by atoms with Gasteiger partial charge in [-0.05, 0) is 30.7 Å². The Hall–Kier alpha value is -1.23. The van der Waals surface area contributed by atoms with E-state index in [-0.39, 0.29) is 0 Å². The van der Waals surface area contributed by atoms with E-state index in [2.05, 4.69) is 16.8 Å². The van der Waals surface area contributed by atoms with Gasteiger partial charge in [0.2, 0.25) is 0 Å². The van der Waals surface area contributed by atoms with Crippen molar-refractivity contribution in [2.45, 2.75) is 19.3 Å². The summed E-state index contributed by atoms with van der Waals surface area (Å²) < 4.78 is 0. The van der Waals surface area contributed by atoms with Gasteiger partial charge < -0.3 is 0 Å². The monoisotopic (exact) mass is 169 g/mol. The first kappa shape index (κ1) is 8.38. The third-order valence-corrected chi connectivity index (χ3v) is 2.22. The van der Waals surface area contributed by atoms with E-state index in [1.54, 1.807) is 0 Å². The lowest BCUT2D eigenvalue weighted by Crippen LogP contribution is -2.02. The van der Waals surface area contributed by atoms with Crippen LogP contribution in [0, 0.1) is 17.8 Å². The van der Waals surface area contributed by atoms with Crippen molar-refractivity contribution >= 4 is 13.3 Å². The summed E-state index contributed by atoms with van der Waals surface area (Å²) in [6, 6.07) is 4.03. The van der Waals surface area contributed by atoms with Gasteiger partial charge in [-0.25, -0.2) is 4.98 Å². The maximum absolute atomic E-state index is 4.22. The zero-order valence-electron chi connectivity index (χ0n) is 7.88. The van der Waals surface area contributed by atoms with E-state index in [1.807, 2.05) is 26.2 Å². The normalized spacial score (nSPS) is 14.8. The number of nitrogens with zero attached hydrogens (tertiary/aromatic N) is 1. The van der Waals surface area contributed by atoms with Crippen molar-refractivity contribution in [1.29, 1.82) is 0 Å². The van der Waals surface area contributed by atoms with Crippen LogP contribution in [0.5, 0.6) is 0 Å². The van der Waals surface area contributed by atoms with E-state index in [0.29, 0.717) is 0 Å². The highest BCUT2D eigenvalue weighted by molar-refractivity contribution is 6.32. The Balaban J connectivity index is 1.98. The van der Waals surface area contributed by atoms with Crippen molar-refractivity contribution in [2.24, 2.45) is 5.92 Å². The van der Waals surface area contributed by atoms with Gasteiger partial charge >= 0.3 is 0 Å². The molecule has 1 aromatic rings. The molecule has 64 valence electrons. The van der Waals surface area contributed by atoms with Crippen LogP contribution in [0.3, 0.4) is 0 Å². The Morgan fingerprint density at radius 2 is 2.31 bits per heavy atom. The molecule has 0 unspecified atom stereocenters. The first-order chi connectivity index (χ1) is 6.34. The molecule has 0 radical (unpaired) electrons. The largest absolute Gasteiger partial charge is 0.248 e. The molecule has 2 rings (SSSR count). The lowest BCUT2D eigenvalue weighted by Gasteiger charge is -1.90. The van der Waals surface area contributed by atoms with Gasteiger partial charge in [0, 0.05) is 12.6 Å². The van der Waals surface area contributed by atoms with E-state index in [0.717, 1.165) is 18.0 Å². The maximum atomic E-state index is 4.22. The number of hydrogen-bond donors (Lipinski definition) is 0. The standard InChI is InChI=1S/C11H12BN/c12-10-6-7-11(13-8-10)3-1-2-9-4-5-9/h6-9H,2,4-5,12H2. The summed E-state index contributed by atoms with van der Waals surface area (Å²) in [6.45, 7) is 0. The highest BCUT2D eigenvalue weighted by Crippen LogP contribution is 2.31. The smallest absolute Gasteiger partial charge is 0.141 e. The Labute approximate surface area is 80.0 Å². The lowest BCUT2D eigenvalue weighted by molar-refractivity contribution is 0.884. The van der Waals surface area contributed by atoms with E-state index in [9.17, 15) is 0 Å². The quantitative estimate of drug-likeness (QED) is 0.440. The predicted molar refractivity (Wildman–Crippen MR) is 56.6 cm³/mol. The molecular formula is C11H12BN. The first-order valence-electron chi connectivity index (χ1n) is 4.76. The Morgan fingerprint density at radius 3 is 2.92 bits per heavy atom. The van der Waals surface area contributed by atoms with E-state index < -0.39 is 0 Å². The second-order valence-electron chi connectivity index (χ2n) is 3.67. The molecule has 1 heterocycles. The second kappa shape index (κ2) is 3.66. The molecule has 0 aromatic carbocycles. The summed E-state index contributed by atoms with van der Waals surface area (Å²) in [4.78, 5) is 4.22. The van der Waals surface area contributed by atoms with E-state index in [4.69, 9.17) is 0 Å². The van der Waals surface area contributed by atoms with Gasteiger partial charge in [0.25, 0.3) is 0 Å². The molecule has 0 amide bonds. The van der Waals surface area contributed by atoms with E-state index in [1.165, 1.54) is 18.3 Å². The van der Waals surface area contributed by atoms with Crippen LogP contribution in [0.15, 0.2) is 18.3 Å². The molecule has 1 aliphatic carbocycles. The summed E-state index contributed by atoms with van der Waals surface area (Å²) in [5.41, 5.74) is 2.08. The number of rotatable bonds is 1. The molecule has 0 bridgehead atoms. The minimum Gasteiger partial charge on any atom is -0.248 e. The molecule has 0 spiro atoms. The summed E-state index contributed by atoms with van der Waals surface area (Å²) in [5.74, 6) is 7.14. The topological polar surface area (TPSA) is 12.9 Å². The molecule has 2 heteroatoms. The van der Waals surface area contributed by atoms with Gasteiger partial charge in [-0.3, -0.25) is 0 Å². The van der Waals surface area contributed by atoms with Crippen LogP contribution >= 0.6 is 0 Å². The average Bonchev–Trinajstić information content (AvgIpc) is 2.92. The maximum Gasteiger partial charge on any atom is 0.141 e. The molecule has 1 aliphatic rings. The zero-order valence-corrected chi connectivity index (χ0v) is 7.88. The van der Waals surface area contributed by atoms with Gasteiger partial charge in [0.05, 0.1) is 0 Å². The van der Waals surface area contributed by atoms with Crippen LogP contribution < -0.4 is 5.46 Å². The van der Waals surface area contributed by atoms with Gasteiger partial charge in [-0.15, -0.1) is 0 Å². The highest BCUT2D eigenvalue weighted by Gasteiger charge is 2.19. The highest BCUT2D eigenvalue weighted by atomic mass is 14.6. The number of pyridine rings is 1. The summed E-state index contributed by atoms with van der Waals surface area (Å²) in [5, 5.41) is 0. The third kappa shape index (κ3) is 2.63. The fraction of sp³-hybridized carbons (Fsp3) is 0.364. The Bertz CT molecular complexity index is 341. The molecule has 0 aliphatic heterocycles. The first-order valence-corrected chi connectivity index (χ1v) is 4.76. The molecule has 1 fully saturated rings. The minimum atomic E-state index is 0.887. The molecule has 0 atom stereocenters. The van der Waals surface area contributed by atoms with Crippen molar-refractivity contribution in [3.63, 3.8) is 0 Å². The van der Waals surface area contributed by atoms with Gasteiger partial charge in [-0.2, -0.15) is 0 Å². The number of aromatic nitrogens is 1. The zero-order chi connectivity index (χ0) is 9.10. The van der Waals surface area contributed by atoms with Gasteiger partial charge in [0.1, 0.15) is 13.5 Å². The Morgan fingerprint density at radius 1 is 1.46 bits per heavy atom. The van der Waals surface area contributed by atoms with Crippen molar-refractivity contribution < 1.29 is 0 Å². The molecule has 0 N–H and O–H groups in total. The van der Waals surface area contributed by atoms with Crippen molar-refractivity contribution in [3.05, 3.63) is 24.0 Å². The summed E-state index contributed by atoms with van der Waals surface area (Å²) in [7, 11) is 2.04. The molecule has 1 aromatic heterocycles.